The first-order valence-corrected chi connectivity index (χ1v) is 6.75. The summed E-state index contributed by atoms with van der Waals surface area (Å²) in [7, 11) is 0. The number of rotatable bonds is 1. The fraction of sp³-hybridized carbons (Fsp3) is 0.111. The molecule has 0 aliphatic carbocycles. The molecule has 15 heavy (non-hydrogen) atoms. The molecule has 0 saturated heterocycles. The molecule has 0 radical (unpaired) electrons. The molecule has 1 heterocycles. The Morgan fingerprint density at radius 1 is 1.27 bits per heavy atom. The highest BCUT2D eigenvalue weighted by Crippen LogP contribution is 2.31. The van der Waals surface area contributed by atoms with Crippen LogP contribution in [0.25, 0.3) is 10.9 Å². The molecule has 0 atom stereocenters. The molecule has 0 fully saturated rings. The Bertz CT molecular complexity index is 533. The quantitative estimate of drug-likeness (QED) is 0.441. The molecule has 78 valence electrons. The third kappa shape index (κ3) is 2.23. The van der Waals surface area contributed by atoms with Crippen LogP contribution in [0.4, 0.5) is 0 Å². The Morgan fingerprint density at radius 3 is 2.67 bits per heavy atom. The summed E-state index contributed by atoms with van der Waals surface area (Å²) in [5, 5.41) is 2.37. The maximum Gasteiger partial charge on any atom is 0.189 e. The molecule has 0 saturated carbocycles. The molecule has 0 bridgehead atoms. The molecule has 2 aromatic rings. The molecule has 2 rings (SSSR count). The fourth-order valence-electron chi connectivity index (χ4n) is 1.19. The van der Waals surface area contributed by atoms with Crippen LogP contribution in [0, 0.1) is 0 Å². The lowest BCUT2D eigenvalue weighted by Gasteiger charge is -2.04. The lowest BCUT2D eigenvalue weighted by atomic mass is 10.2. The van der Waals surface area contributed by atoms with E-state index in [0.29, 0.717) is 20.8 Å². The van der Waals surface area contributed by atoms with Crippen LogP contribution >= 0.6 is 50.9 Å². The van der Waals surface area contributed by atoms with Crippen molar-refractivity contribution >= 4 is 61.8 Å². The van der Waals surface area contributed by atoms with E-state index in [1.54, 1.807) is 6.07 Å². The van der Waals surface area contributed by atoms with Crippen molar-refractivity contribution in [2.45, 2.75) is 5.16 Å². The fourth-order valence-corrected chi connectivity index (χ4v) is 2.68. The minimum atomic E-state index is 0.424. The predicted octanol–water partition coefficient (Wildman–Crippen LogP) is 4.42. The van der Waals surface area contributed by atoms with Crippen LogP contribution in [0.3, 0.4) is 0 Å². The van der Waals surface area contributed by atoms with Crippen LogP contribution < -0.4 is 0 Å². The van der Waals surface area contributed by atoms with Gasteiger partial charge in [0.1, 0.15) is 5.15 Å². The molecule has 2 nitrogen and oxygen atoms in total. The molecular weight excluding hydrogens is 319 g/mol. The zero-order valence-electron chi connectivity index (χ0n) is 7.59. The lowest BCUT2D eigenvalue weighted by molar-refractivity contribution is 1.01. The van der Waals surface area contributed by atoms with E-state index in [9.17, 15) is 0 Å². The molecule has 0 aliphatic heterocycles. The summed E-state index contributed by atoms with van der Waals surface area (Å²) in [6.07, 6.45) is 1.89. The van der Waals surface area contributed by atoms with Crippen LogP contribution in [-0.2, 0) is 0 Å². The minimum Gasteiger partial charge on any atom is -0.221 e. The Kier molecular flexibility index (Phi) is 3.40. The number of halogens is 3. The second kappa shape index (κ2) is 4.45. The molecule has 0 aliphatic rings. The highest BCUT2D eigenvalue weighted by Gasteiger charge is 2.09. The average Bonchev–Trinajstić information content (AvgIpc) is 2.19. The highest BCUT2D eigenvalue weighted by atomic mass is 79.9. The van der Waals surface area contributed by atoms with E-state index < -0.39 is 0 Å². The zero-order chi connectivity index (χ0) is 11.0. The summed E-state index contributed by atoms with van der Waals surface area (Å²) in [5.74, 6) is 0. The van der Waals surface area contributed by atoms with E-state index in [1.807, 2.05) is 12.3 Å². The van der Waals surface area contributed by atoms with Crippen LogP contribution in [0.2, 0.25) is 10.2 Å². The number of hydrogen-bond acceptors (Lipinski definition) is 3. The van der Waals surface area contributed by atoms with Gasteiger partial charge >= 0.3 is 0 Å². The zero-order valence-corrected chi connectivity index (χ0v) is 11.5. The number of benzene rings is 1. The van der Waals surface area contributed by atoms with Gasteiger partial charge in [0.15, 0.2) is 5.16 Å². The van der Waals surface area contributed by atoms with Crippen molar-refractivity contribution in [2.24, 2.45) is 0 Å². The Hall–Kier alpha value is -0.0300. The maximum atomic E-state index is 6.08. The van der Waals surface area contributed by atoms with Crippen LogP contribution in [0.15, 0.2) is 21.8 Å². The van der Waals surface area contributed by atoms with E-state index in [0.717, 1.165) is 9.86 Å². The van der Waals surface area contributed by atoms with Gasteiger partial charge in [-0.2, -0.15) is 0 Å². The van der Waals surface area contributed by atoms with Crippen molar-refractivity contribution in [3.05, 3.63) is 26.8 Å². The molecule has 0 spiro atoms. The third-order valence-corrected chi connectivity index (χ3v) is 3.42. The van der Waals surface area contributed by atoms with Crippen molar-refractivity contribution < 1.29 is 0 Å². The number of nitrogens with zero attached hydrogens (tertiary/aromatic N) is 2. The van der Waals surface area contributed by atoms with Crippen molar-refractivity contribution in [1.29, 1.82) is 0 Å². The second-order valence-electron chi connectivity index (χ2n) is 2.78. The standard InChI is InChI=1S/C9H5BrCl2N2S/c1-15-9-13-7-5(8(12)14-9)2-4(10)3-6(7)11/h2-3H,1H3. The number of hydrogen-bond donors (Lipinski definition) is 0. The maximum absolute atomic E-state index is 6.08. The highest BCUT2D eigenvalue weighted by molar-refractivity contribution is 9.10. The molecule has 0 unspecified atom stereocenters. The van der Waals surface area contributed by atoms with Gasteiger partial charge in [-0.25, -0.2) is 9.97 Å². The SMILES string of the molecule is CSc1nc(Cl)c2cc(Br)cc(Cl)c2n1. The van der Waals surface area contributed by atoms with Crippen LogP contribution in [0.5, 0.6) is 0 Å². The van der Waals surface area contributed by atoms with Crippen molar-refractivity contribution in [1.82, 2.24) is 9.97 Å². The van der Waals surface area contributed by atoms with Crippen LogP contribution in [0.1, 0.15) is 0 Å². The number of thioether (sulfide) groups is 1. The summed E-state index contributed by atoms with van der Waals surface area (Å²) in [4.78, 5) is 8.45. The van der Waals surface area contributed by atoms with Crippen molar-refractivity contribution in [3.8, 4) is 0 Å². The molecule has 1 aromatic heterocycles. The molecular formula is C9H5BrCl2N2S. The largest absolute Gasteiger partial charge is 0.221 e. The first-order valence-electron chi connectivity index (χ1n) is 3.98. The Balaban J connectivity index is 2.85. The summed E-state index contributed by atoms with van der Waals surface area (Å²) >= 11 is 16.9. The van der Waals surface area contributed by atoms with Gasteiger partial charge in [-0.1, -0.05) is 50.9 Å². The minimum absolute atomic E-state index is 0.424. The predicted molar refractivity (Wildman–Crippen MR) is 69.0 cm³/mol. The third-order valence-electron chi connectivity index (χ3n) is 1.83. The second-order valence-corrected chi connectivity index (χ2v) is 5.24. The Labute approximate surface area is 110 Å². The normalized spacial score (nSPS) is 10.9. The summed E-state index contributed by atoms with van der Waals surface area (Å²) in [5.41, 5.74) is 0.684. The number of fused-ring (bicyclic) bond motifs is 1. The van der Waals surface area contributed by atoms with Gasteiger partial charge in [0.25, 0.3) is 0 Å². The molecule has 0 N–H and O–H groups in total. The molecule has 1 aromatic carbocycles. The van der Waals surface area contributed by atoms with Gasteiger partial charge < -0.3 is 0 Å². The first-order chi connectivity index (χ1) is 7.11. The van der Waals surface area contributed by atoms with Gasteiger partial charge in [0.05, 0.1) is 10.5 Å². The lowest BCUT2D eigenvalue weighted by Crippen LogP contribution is -1.90. The van der Waals surface area contributed by atoms with E-state index >= 15 is 0 Å². The van der Waals surface area contributed by atoms with E-state index in [2.05, 4.69) is 25.9 Å². The van der Waals surface area contributed by atoms with Gasteiger partial charge in [-0.05, 0) is 18.4 Å². The van der Waals surface area contributed by atoms with E-state index in [4.69, 9.17) is 23.2 Å². The monoisotopic (exact) mass is 322 g/mol. The molecule has 6 heteroatoms. The first kappa shape index (κ1) is 11.5. The smallest absolute Gasteiger partial charge is 0.189 e. The van der Waals surface area contributed by atoms with Gasteiger partial charge in [-0.3, -0.25) is 0 Å². The molecule has 0 amide bonds. The summed E-state index contributed by atoms with van der Waals surface area (Å²) < 4.78 is 0.863. The van der Waals surface area contributed by atoms with Gasteiger partial charge in [0, 0.05) is 9.86 Å². The topological polar surface area (TPSA) is 25.8 Å². The Morgan fingerprint density at radius 2 is 2.00 bits per heavy atom. The van der Waals surface area contributed by atoms with Crippen LogP contribution in [-0.4, -0.2) is 16.2 Å². The van der Waals surface area contributed by atoms with E-state index in [1.165, 1.54) is 11.8 Å². The summed E-state index contributed by atoms with van der Waals surface area (Å²) in [6.45, 7) is 0. The van der Waals surface area contributed by atoms with Crippen molar-refractivity contribution in [3.63, 3.8) is 0 Å². The van der Waals surface area contributed by atoms with Crippen molar-refractivity contribution in [2.75, 3.05) is 6.26 Å². The number of aromatic nitrogens is 2. The van der Waals surface area contributed by atoms with Gasteiger partial charge in [0.2, 0.25) is 0 Å². The van der Waals surface area contributed by atoms with E-state index in [-0.39, 0.29) is 0 Å². The summed E-state index contributed by atoms with van der Waals surface area (Å²) in [6, 6.07) is 3.64. The average molecular weight is 324 g/mol. The van der Waals surface area contributed by atoms with Gasteiger partial charge in [-0.15, -0.1) is 0 Å².